The molecule has 1 aromatic heterocycles. The van der Waals surface area contributed by atoms with Crippen LogP contribution in [0.4, 0.5) is 0 Å². The zero-order valence-electron chi connectivity index (χ0n) is 12.5. The Kier molecular flexibility index (Phi) is 2.32. The molecular weight excluding hydrogens is 268 g/mol. The normalized spacial score (nSPS) is 13.7. The molecule has 3 aromatic carbocycles. The van der Waals surface area contributed by atoms with E-state index in [1.807, 2.05) is 0 Å². The lowest BCUT2D eigenvalue weighted by molar-refractivity contribution is 0.548. The third-order valence-corrected chi connectivity index (χ3v) is 4.85. The van der Waals surface area contributed by atoms with E-state index in [4.69, 9.17) is 4.42 Å². The van der Waals surface area contributed by atoms with Gasteiger partial charge in [0.2, 0.25) is 0 Å². The van der Waals surface area contributed by atoms with Crippen LogP contribution in [0, 0.1) is 6.92 Å². The smallest absolute Gasteiger partial charge is 0.135 e. The average molecular weight is 284 g/mol. The van der Waals surface area contributed by atoms with Gasteiger partial charge in [-0.15, -0.1) is 0 Å². The molecule has 0 atom stereocenters. The number of rotatable bonds is 0. The number of aryl methyl sites for hydroxylation is 2. The molecule has 0 aliphatic heterocycles. The summed E-state index contributed by atoms with van der Waals surface area (Å²) in [6, 6.07) is 17.4. The van der Waals surface area contributed by atoms with Crippen LogP contribution in [-0.2, 0) is 6.42 Å². The Labute approximate surface area is 128 Å². The van der Waals surface area contributed by atoms with Crippen LogP contribution in [0.5, 0.6) is 0 Å². The lowest BCUT2D eigenvalue weighted by atomic mass is 9.96. The number of hydrogen-bond acceptors (Lipinski definition) is 1. The van der Waals surface area contributed by atoms with E-state index >= 15 is 0 Å². The maximum absolute atomic E-state index is 6.39. The zero-order chi connectivity index (χ0) is 14.7. The molecule has 0 saturated carbocycles. The van der Waals surface area contributed by atoms with Gasteiger partial charge in [-0.3, -0.25) is 0 Å². The molecule has 1 aliphatic rings. The lowest BCUT2D eigenvalue weighted by Crippen LogP contribution is -2.07. The highest BCUT2D eigenvalue weighted by Gasteiger charge is 2.14. The molecule has 106 valence electrons. The molecule has 0 unspecified atom stereocenters. The minimum absolute atomic E-state index is 0.980. The molecule has 0 N–H and O–H groups in total. The Morgan fingerprint density at radius 1 is 0.818 bits per heavy atom. The van der Waals surface area contributed by atoms with Gasteiger partial charge in [-0.2, -0.15) is 0 Å². The van der Waals surface area contributed by atoms with E-state index in [1.165, 1.54) is 37.7 Å². The molecule has 4 aromatic rings. The van der Waals surface area contributed by atoms with Gasteiger partial charge in [0.05, 0.1) is 0 Å². The quantitative estimate of drug-likeness (QED) is 0.440. The summed E-state index contributed by atoms with van der Waals surface area (Å²) in [7, 11) is 0. The Morgan fingerprint density at radius 2 is 1.59 bits per heavy atom. The monoisotopic (exact) mass is 284 g/mol. The fourth-order valence-electron chi connectivity index (χ4n) is 3.82. The topological polar surface area (TPSA) is 13.1 Å². The molecule has 22 heavy (non-hydrogen) atoms. The third-order valence-electron chi connectivity index (χ3n) is 4.85. The van der Waals surface area contributed by atoms with Crippen molar-refractivity contribution in [2.24, 2.45) is 0 Å². The zero-order valence-corrected chi connectivity index (χ0v) is 12.5. The second kappa shape index (κ2) is 4.23. The van der Waals surface area contributed by atoms with Crippen LogP contribution in [0.15, 0.2) is 52.9 Å². The third kappa shape index (κ3) is 1.48. The summed E-state index contributed by atoms with van der Waals surface area (Å²) in [5.41, 5.74) is 2.29. The van der Waals surface area contributed by atoms with Gasteiger partial charge >= 0.3 is 0 Å². The fraction of sp³-hybridized carbons (Fsp3) is 0.143. The van der Waals surface area contributed by atoms with Crippen molar-refractivity contribution in [1.29, 1.82) is 0 Å². The highest BCUT2D eigenvalue weighted by molar-refractivity contribution is 6.18. The summed E-state index contributed by atoms with van der Waals surface area (Å²) < 4.78 is 6.39. The van der Waals surface area contributed by atoms with Crippen molar-refractivity contribution < 1.29 is 4.42 Å². The molecule has 0 radical (unpaired) electrons. The Hall–Kier alpha value is -2.54. The van der Waals surface area contributed by atoms with Crippen molar-refractivity contribution in [2.75, 3.05) is 0 Å². The largest absolute Gasteiger partial charge is 0.460 e. The van der Waals surface area contributed by atoms with Crippen molar-refractivity contribution in [1.82, 2.24) is 0 Å². The lowest BCUT2D eigenvalue weighted by Gasteiger charge is -2.06. The van der Waals surface area contributed by atoms with Crippen LogP contribution in [-0.4, -0.2) is 0 Å². The SMILES string of the molecule is Cc1ccc2oc3c4c(cccc4c4cccc1c24)=CCC3. The maximum Gasteiger partial charge on any atom is 0.135 e. The first-order valence-corrected chi connectivity index (χ1v) is 7.86. The van der Waals surface area contributed by atoms with Gasteiger partial charge in [0.1, 0.15) is 11.3 Å². The molecule has 5 rings (SSSR count). The standard InChI is InChI=1S/C21H16O/c1-13-11-12-19-21-15(13)7-4-9-17(21)16-8-2-5-14-6-3-10-18(22-19)20(14)16/h2,4-9,11-12H,3,10H2,1H3. The summed E-state index contributed by atoms with van der Waals surface area (Å²) in [6.45, 7) is 2.17. The first-order chi connectivity index (χ1) is 10.8. The minimum atomic E-state index is 0.980. The van der Waals surface area contributed by atoms with Gasteiger partial charge in [-0.1, -0.05) is 48.5 Å². The van der Waals surface area contributed by atoms with E-state index in [0.717, 1.165) is 24.2 Å². The molecule has 1 aliphatic carbocycles. The summed E-state index contributed by atoms with van der Waals surface area (Å²) >= 11 is 0. The summed E-state index contributed by atoms with van der Waals surface area (Å²) in [5.74, 6) is 1.12. The van der Waals surface area contributed by atoms with Crippen LogP contribution >= 0.6 is 0 Å². The average Bonchev–Trinajstić information content (AvgIpc) is 2.70. The van der Waals surface area contributed by atoms with Crippen molar-refractivity contribution in [3.05, 3.63) is 65.1 Å². The van der Waals surface area contributed by atoms with Crippen LogP contribution in [0.2, 0.25) is 0 Å². The van der Waals surface area contributed by atoms with Gasteiger partial charge in [-0.25, -0.2) is 0 Å². The number of benzene rings is 3. The van der Waals surface area contributed by atoms with Crippen molar-refractivity contribution in [3.63, 3.8) is 0 Å². The first kappa shape index (κ1) is 12.0. The fourth-order valence-corrected chi connectivity index (χ4v) is 3.82. The van der Waals surface area contributed by atoms with Crippen molar-refractivity contribution in [2.45, 2.75) is 19.8 Å². The molecule has 0 saturated heterocycles. The summed E-state index contributed by atoms with van der Waals surface area (Å²) in [4.78, 5) is 0. The molecule has 0 bridgehead atoms. The van der Waals surface area contributed by atoms with E-state index in [2.05, 4.69) is 61.5 Å². The van der Waals surface area contributed by atoms with E-state index in [1.54, 1.807) is 0 Å². The predicted molar refractivity (Wildman–Crippen MR) is 92.8 cm³/mol. The van der Waals surface area contributed by atoms with Gasteiger partial charge in [-0.05, 0) is 46.4 Å². The predicted octanol–water partition coefficient (Wildman–Crippen LogP) is 5.06. The number of fused-ring (bicyclic) bond motifs is 1. The Morgan fingerprint density at radius 3 is 2.50 bits per heavy atom. The van der Waals surface area contributed by atoms with Crippen LogP contribution < -0.4 is 5.22 Å². The second-order valence-electron chi connectivity index (χ2n) is 6.15. The van der Waals surface area contributed by atoms with Crippen molar-refractivity contribution in [3.8, 4) is 0 Å². The Bertz CT molecular complexity index is 1130. The van der Waals surface area contributed by atoms with E-state index in [-0.39, 0.29) is 0 Å². The molecule has 0 amide bonds. The van der Waals surface area contributed by atoms with Crippen LogP contribution in [0.3, 0.4) is 0 Å². The molecule has 1 nitrogen and oxygen atoms in total. The van der Waals surface area contributed by atoms with E-state index < -0.39 is 0 Å². The highest BCUT2D eigenvalue weighted by atomic mass is 16.3. The van der Waals surface area contributed by atoms with Crippen LogP contribution in [0.1, 0.15) is 17.7 Å². The summed E-state index contributed by atoms with van der Waals surface area (Å²) in [6.07, 6.45) is 4.36. The molecule has 0 fully saturated rings. The van der Waals surface area contributed by atoms with Gasteiger partial charge in [0, 0.05) is 17.2 Å². The molecule has 1 heterocycles. The first-order valence-electron chi connectivity index (χ1n) is 7.86. The van der Waals surface area contributed by atoms with Gasteiger partial charge < -0.3 is 4.42 Å². The second-order valence-corrected chi connectivity index (χ2v) is 6.15. The summed E-state index contributed by atoms with van der Waals surface area (Å²) in [5, 5.41) is 7.72. The molecule has 1 heteroatoms. The van der Waals surface area contributed by atoms with Gasteiger partial charge in [0.25, 0.3) is 0 Å². The molecular formula is C21H16O. The van der Waals surface area contributed by atoms with E-state index in [9.17, 15) is 0 Å². The Balaban J connectivity index is 2.24. The van der Waals surface area contributed by atoms with E-state index in [0.29, 0.717) is 0 Å². The van der Waals surface area contributed by atoms with Gasteiger partial charge in [0.15, 0.2) is 0 Å². The van der Waals surface area contributed by atoms with Crippen LogP contribution in [0.25, 0.3) is 38.6 Å². The number of hydrogen-bond donors (Lipinski definition) is 0. The highest BCUT2D eigenvalue weighted by Crippen LogP contribution is 2.34. The van der Waals surface area contributed by atoms with Crippen molar-refractivity contribution >= 4 is 38.6 Å². The molecule has 0 spiro atoms. The maximum atomic E-state index is 6.39. The minimum Gasteiger partial charge on any atom is -0.460 e.